The first-order chi connectivity index (χ1) is 8.60. The molecule has 0 aliphatic heterocycles. The van der Waals surface area contributed by atoms with Crippen LogP contribution < -0.4 is 5.32 Å². The van der Waals surface area contributed by atoms with Crippen molar-refractivity contribution in [1.29, 1.82) is 0 Å². The van der Waals surface area contributed by atoms with Crippen LogP contribution in [0.25, 0.3) is 0 Å². The lowest BCUT2D eigenvalue weighted by molar-refractivity contribution is -0.145. The van der Waals surface area contributed by atoms with Crippen LogP contribution >= 0.6 is 0 Å². The van der Waals surface area contributed by atoms with Gasteiger partial charge in [-0.05, 0) is 56.3 Å². The van der Waals surface area contributed by atoms with Gasteiger partial charge in [-0.2, -0.15) is 0 Å². The highest BCUT2D eigenvalue weighted by molar-refractivity contribution is 5.72. The van der Waals surface area contributed by atoms with Gasteiger partial charge in [0.05, 0.1) is 13.0 Å². The standard InChI is InChI=1S/C15H25NO2/c1-10(14(17)18-2)9-16-15-6-11-3-12(7-15)5-13(4-11)8-15/h10-13,16H,3-9H2,1-2H3/t10-,11?,12?,13?,15?/m0/s1. The third kappa shape index (κ3) is 2.18. The van der Waals surface area contributed by atoms with Gasteiger partial charge in [0.25, 0.3) is 0 Å². The van der Waals surface area contributed by atoms with Gasteiger partial charge in [0.1, 0.15) is 0 Å². The van der Waals surface area contributed by atoms with E-state index in [1.807, 2.05) is 6.92 Å². The number of esters is 1. The molecule has 3 nitrogen and oxygen atoms in total. The SMILES string of the molecule is COC(=O)[C@@H](C)CNC12CC3CC(CC(C3)C1)C2. The molecule has 102 valence electrons. The van der Waals surface area contributed by atoms with Crippen molar-refractivity contribution in [3.63, 3.8) is 0 Å². The molecule has 0 aromatic rings. The molecule has 4 aliphatic carbocycles. The normalized spacial score (nSPS) is 42.9. The molecule has 0 aromatic carbocycles. The molecule has 0 unspecified atom stereocenters. The van der Waals surface area contributed by atoms with Crippen molar-refractivity contribution < 1.29 is 9.53 Å². The molecule has 18 heavy (non-hydrogen) atoms. The Kier molecular flexibility index (Phi) is 3.13. The second kappa shape index (κ2) is 4.52. The van der Waals surface area contributed by atoms with Gasteiger partial charge in [-0.15, -0.1) is 0 Å². The number of hydrogen-bond acceptors (Lipinski definition) is 3. The molecule has 0 aromatic heterocycles. The van der Waals surface area contributed by atoms with Crippen LogP contribution in [0.5, 0.6) is 0 Å². The van der Waals surface area contributed by atoms with Crippen LogP contribution in [-0.4, -0.2) is 25.2 Å². The Labute approximate surface area is 110 Å². The molecule has 0 spiro atoms. The maximum atomic E-state index is 11.5. The summed E-state index contributed by atoms with van der Waals surface area (Å²) in [5.74, 6) is 2.75. The van der Waals surface area contributed by atoms with Crippen LogP contribution in [0.2, 0.25) is 0 Å². The van der Waals surface area contributed by atoms with Gasteiger partial charge >= 0.3 is 5.97 Å². The van der Waals surface area contributed by atoms with E-state index in [-0.39, 0.29) is 11.9 Å². The van der Waals surface area contributed by atoms with Crippen LogP contribution in [0.15, 0.2) is 0 Å². The summed E-state index contributed by atoms with van der Waals surface area (Å²) >= 11 is 0. The summed E-state index contributed by atoms with van der Waals surface area (Å²) < 4.78 is 4.80. The minimum absolute atomic E-state index is 0.0250. The predicted molar refractivity (Wildman–Crippen MR) is 70.1 cm³/mol. The number of nitrogens with one attached hydrogen (secondary N) is 1. The zero-order chi connectivity index (χ0) is 12.8. The van der Waals surface area contributed by atoms with Crippen LogP contribution in [0, 0.1) is 23.7 Å². The topological polar surface area (TPSA) is 38.3 Å². The van der Waals surface area contributed by atoms with E-state index >= 15 is 0 Å². The van der Waals surface area contributed by atoms with E-state index in [0.717, 1.165) is 24.3 Å². The van der Waals surface area contributed by atoms with Gasteiger partial charge in [0, 0.05) is 12.1 Å². The maximum Gasteiger partial charge on any atom is 0.309 e. The predicted octanol–water partition coefficient (Wildman–Crippen LogP) is 2.35. The van der Waals surface area contributed by atoms with Gasteiger partial charge in [0.15, 0.2) is 0 Å². The Balaban J connectivity index is 1.60. The largest absolute Gasteiger partial charge is 0.469 e. The zero-order valence-electron chi connectivity index (χ0n) is 11.6. The molecule has 0 heterocycles. The first kappa shape index (κ1) is 12.5. The highest BCUT2D eigenvalue weighted by atomic mass is 16.5. The summed E-state index contributed by atoms with van der Waals surface area (Å²) in [4.78, 5) is 11.5. The molecule has 0 radical (unpaired) electrons. The Morgan fingerprint density at radius 1 is 1.22 bits per heavy atom. The van der Waals surface area contributed by atoms with E-state index < -0.39 is 0 Å². The third-order valence-corrected chi connectivity index (χ3v) is 5.43. The fourth-order valence-electron chi connectivity index (χ4n) is 4.98. The van der Waals surface area contributed by atoms with E-state index in [4.69, 9.17) is 4.74 Å². The molecular weight excluding hydrogens is 226 g/mol. The summed E-state index contributed by atoms with van der Waals surface area (Å²) in [6.45, 7) is 2.73. The first-order valence-corrected chi connectivity index (χ1v) is 7.43. The van der Waals surface area contributed by atoms with E-state index in [1.54, 1.807) is 0 Å². The van der Waals surface area contributed by atoms with E-state index in [1.165, 1.54) is 45.6 Å². The fourth-order valence-corrected chi connectivity index (χ4v) is 4.98. The summed E-state index contributed by atoms with van der Waals surface area (Å²) in [5.41, 5.74) is 0.358. The Hall–Kier alpha value is -0.570. The molecular formula is C15H25NO2. The fraction of sp³-hybridized carbons (Fsp3) is 0.933. The zero-order valence-corrected chi connectivity index (χ0v) is 11.6. The van der Waals surface area contributed by atoms with Crippen molar-refractivity contribution >= 4 is 5.97 Å². The van der Waals surface area contributed by atoms with Crippen molar-refractivity contribution in [2.45, 2.75) is 51.0 Å². The second-order valence-corrected chi connectivity index (χ2v) is 7.00. The molecule has 4 saturated carbocycles. The van der Waals surface area contributed by atoms with Crippen LogP contribution in [0.1, 0.15) is 45.4 Å². The van der Waals surface area contributed by atoms with E-state index in [2.05, 4.69) is 5.32 Å². The third-order valence-electron chi connectivity index (χ3n) is 5.43. The number of ether oxygens (including phenoxy) is 1. The quantitative estimate of drug-likeness (QED) is 0.779. The Morgan fingerprint density at radius 3 is 2.17 bits per heavy atom. The molecule has 1 N–H and O–H groups in total. The van der Waals surface area contributed by atoms with Gasteiger partial charge < -0.3 is 10.1 Å². The van der Waals surface area contributed by atoms with E-state index in [9.17, 15) is 4.79 Å². The molecule has 3 heteroatoms. The van der Waals surface area contributed by atoms with Crippen molar-refractivity contribution in [3.8, 4) is 0 Å². The Morgan fingerprint density at radius 2 is 1.72 bits per heavy atom. The molecule has 4 rings (SSSR count). The number of rotatable bonds is 4. The average Bonchev–Trinajstić information content (AvgIpc) is 2.33. The molecule has 0 saturated heterocycles. The highest BCUT2D eigenvalue weighted by Gasteiger charge is 2.50. The number of carbonyl (C=O) groups excluding carboxylic acids is 1. The van der Waals surface area contributed by atoms with Gasteiger partial charge in [-0.1, -0.05) is 6.92 Å². The lowest BCUT2D eigenvalue weighted by Gasteiger charge is -2.57. The monoisotopic (exact) mass is 251 g/mol. The smallest absolute Gasteiger partial charge is 0.309 e. The van der Waals surface area contributed by atoms with Gasteiger partial charge in [0.2, 0.25) is 0 Å². The Bertz CT molecular complexity index is 304. The highest BCUT2D eigenvalue weighted by Crippen LogP contribution is 2.55. The van der Waals surface area contributed by atoms with Crippen LogP contribution in [0.3, 0.4) is 0 Å². The molecule has 4 aliphatic rings. The molecule has 1 atom stereocenters. The van der Waals surface area contributed by atoms with Gasteiger partial charge in [-0.3, -0.25) is 4.79 Å². The minimum atomic E-state index is -0.0905. The van der Waals surface area contributed by atoms with Crippen molar-refractivity contribution in [1.82, 2.24) is 5.32 Å². The summed E-state index contributed by atoms with van der Waals surface area (Å²) in [6.07, 6.45) is 8.42. The number of hydrogen-bond donors (Lipinski definition) is 1. The lowest BCUT2D eigenvalue weighted by atomic mass is 9.53. The second-order valence-electron chi connectivity index (χ2n) is 7.00. The first-order valence-electron chi connectivity index (χ1n) is 7.43. The van der Waals surface area contributed by atoms with Crippen LogP contribution in [0.4, 0.5) is 0 Å². The number of carbonyl (C=O) groups is 1. The average molecular weight is 251 g/mol. The van der Waals surface area contributed by atoms with Crippen molar-refractivity contribution in [3.05, 3.63) is 0 Å². The number of methoxy groups -OCH3 is 1. The maximum absolute atomic E-state index is 11.5. The van der Waals surface area contributed by atoms with E-state index in [0.29, 0.717) is 5.54 Å². The summed E-state index contributed by atoms with van der Waals surface area (Å²) in [7, 11) is 1.48. The van der Waals surface area contributed by atoms with Crippen molar-refractivity contribution in [2.24, 2.45) is 23.7 Å². The van der Waals surface area contributed by atoms with Crippen molar-refractivity contribution in [2.75, 3.05) is 13.7 Å². The lowest BCUT2D eigenvalue weighted by Crippen LogP contribution is -2.59. The summed E-state index contributed by atoms with van der Waals surface area (Å²) in [5, 5.41) is 3.74. The molecule has 4 bridgehead atoms. The van der Waals surface area contributed by atoms with Crippen LogP contribution in [-0.2, 0) is 9.53 Å². The molecule has 0 amide bonds. The minimum Gasteiger partial charge on any atom is -0.469 e. The van der Waals surface area contributed by atoms with Gasteiger partial charge in [-0.25, -0.2) is 0 Å². The molecule has 4 fully saturated rings. The summed E-state index contributed by atoms with van der Waals surface area (Å²) in [6, 6.07) is 0.